The van der Waals surface area contributed by atoms with Crippen LogP contribution in [0.25, 0.3) is 0 Å². The lowest BCUT2D eigenvalue weighted by atomic mass is 10.0. The Labute approximate surface area is 126 Å². The Hall–Kier alpha value is -1.91. The predicted molar refractivity (Wildman–Crippen MR) is 85.4 cm³/mol. The van der Waals surface area contributed by atoms with E-state index in [1.165, 1.54) is 0 Å². The van der Waals surface area contributed by atoms with Crippen LogP contribution in [-0.4, -0.2) is 8.42 Å². The maximum atomic E-state index is 12.5. The van der Waals surface area contributed by atoms with Gasteiger partial charge in [0.25, 0.3) is 0 Å². The van der Waals surface area contributed by atoms with Crippen LogP contribution in [0.2, 0.25) is 0 Å². The number of hydrogen-bond donors (Lipinski definition) is 1. The summed E-state index contributed by atoms with van der Waals surface area (Å²) in [7, 11) is -3.55. The third-order valence-corrected chi connectivity index (χ3v) is 4.81. The summed E-state index contributed by atoms with van der Waals surface area (Å²) < 4.78 is 27.8. The fourth-order valence-electron chi connectivity index (χ4n) is 2.06. The molecule has 1 N–H and O–H groups in total. The second-order valence-electron chi connectivity index (χ2n) is 4.81. The zero-order valence-electron chi connectivity index (χ0n) is 12.2. The highest BCUT2D eigenvalue weighted by Gasteiger charge is 2.21. The minimum atomic E-state index is -3.55. The largest absolute Gasteiger partial charge is 0.241 e. The van der Waals surface area contributed by atoms with Crippen LogP contribution in [-0.2, 0) is 10.0 Å². The van der Waals surface area contributed by atoms with Gasteiger partial charge in [0.2, 0.25) is 10.0 Å². The summed E-state index contributed by atoms with van der Waals surface area (Å²) in [4.78, 5) is 0.273. The van der Waals surface area contributed by atoms with Crippen LogP contribution in [0.1, 0.15) is 25.5 Å². The first-order chi connectivity index (χ1) is 10.0. The van der Waals surface area contributed by atoms with Gasteiger partial charge in [0, 0.05) is 0 Å². The van der Waals surface area contributed by atoms with Gasteiger partial charge in [-0.3, -0.25) is 0 Å². The molecule has 2 aromatic rings. The molecule has 0 aliphatic rings. The normalized spacial score (nSPS) is 13.9. The van der Waals surface area contributed by atoms with E-state index in [-0.39, 0.29) is 10.9 Å². The van der Waals surface area contributed by atoms with Crippen molar-refractivity contribution < 1.29 is 8.42 Å². The third-order valence-electron chi connectivity index (χ3n) is 3.37. The van der Waals surface area contributed by atoms with Gasteiger partial charge in [-0.15, -0.1) is 0 Å². The second-order valence-corrected chi connectivity index (χ2v) is 6.52. The number of nitrogens with one attached hydrogen (secondary N) is 1. The fraction of sp³-hybridized carbons (Fsp3) is 0.176. The highest BCUT2D eigenvalue weighted by atomic mass is 32.2. The Kier molecular flexibility index (Phi) is 4.94. The molecule has 0 saturated heterocycles. The van der Waals surface area contributed by atoms with Crippen molar-refractivity contribution in [3.8, 4) is 0 Å². The lowest BCUT2D eigenvalue weighted by Gasteiger charge is -2.20. The molecule has 1 unspecified atom stereocenters. The topological polar surface area (TPSA) is 46.2 Å². The average Bonchev–Trinajstić information content (AvgIpc) is 2.53. The summed E-state index contributed by atoms with van der Waals surface area (Å²) in [6.07, 6.45) is 1.92. The van der Waals surface area contributed by atoms with Crippen LogP contribution < -0.4 is 4.72 Å². The predicted octanol–water partition coefficient (Wildman–Crippen LogP) is 3.67. The van der Waals surface area contributed by atoms with Gasteiger partial charge in [-0.25, -0.2) is 8.42 Å². The van der Waals surface area contributed by atoms with Gasteiger partial charge in [-0.1, -0.05) is 60.2 Å². The minimum absolute atomic E-state index is 0.273. The first-order valence-electron chi connectivity index (χ1n) is 6.79. The highest BCUT2D eigenvalue weighted by molar-refractivity contribution is 7.89. The lowest BCUT2D eigenvalue weighted by molar-refractivity contribution is 0.570. The number of rotatable bonds is 5. The molecule has 1 atom stereocenters. The molecule has 0 aliphatic carbocycles. The van der Waals surface area contributed by atoms with Crippen LogP contribution >= 0.6 is 0 Å². The van der Waals surface area contributed by atoms with Crippen molar-refractivity contribution in [3.63, 3.8) is 0 Å². The van der Waals surface area contributed by atoms with Crippen molar-refractivity contribution in [2.75, 3.05) is 0 Å². The maximum absolute atomic E-state index is 12.5. The molecular formula is C17H19NO2S. The van der Waals surface area contributed by atoms with Crippen molar-refractivity contribution >= 4 is 10.0 Å². The summed E-state index contributed by atoms with van der Waals surface area (Å²) in [6.45, 7) is 3.83. The van der Waals surface area contributed by atoms with E-state index in [0.717, 1.165) is 11.1 Å². The molecule has 0 bridgehead atoms. The monoisotopic (exact) mass is 301 g/mol. The molecule has 0 amide bonds. The summed E-state index contributed by atoms with van der Waals surface area (Å²) in [6, 6.07) is 17.6. The van der Waals surface area contributed by atoms with Gasteiger partial charge in [-0.2, -0.15) is 4.72 Å². The van der Waals surface area contributed by atoms with E-state index < -0.39 is 10.0 Å². The zero-order valence-corrected chi connectivity index (χ0v) is 13.0. The van der Waals surface area contributed by atoms with Gasteiger partial charge in [0.15, 0.2) is 0 Å². The SMILES string of the molecule is C/C=C(\C)C(NS(=O)(=O)c1ccccc1)c1ccccc1. The number of hydrogen-bond acceptors (Lipinski definition) is 2. The van der Waals surface area contributed by atoms with Gasteiger partial charge in [0.1, 0.15) is 0 Å². The first kappa shape index (κ1) is 15.5. The van der Waals surface area contributed by atoms with Crippen molar-refractivity contribution in [2.45, 2.75) is 24.8 Å². The van der Waals surface area contributed by atoms with Crippen LogP contribution in [0.3, 0.4) is 0 Å². The molecule has 0 spiro atoms. The molecule has 21 heavy (non-hydrogen) atoms. The van der Waals surface area contributed by atoms with Crippen LogP contribution in [0, 0.1) is 0 Å². The smallest absolute Gasteiger partial charge is 0.207 e. The van der Waals surface area contributed by atoms with E-state index in [9.17, 15) is 8.42 Å². The number of allylic oxidation sites excluding steroid dienone is 1. The van der Waals surface area contributed by atoms with Crippen LogP contribution in [0.5, 0.6) is 0 Å². The maximum Gasteiger partial charge on any atom is 0.241 e. The minimum Gasteiger partial charge on any atom is -0.207 e. The number of benzene rings is 2. The van der Waals surface area contributed by atoms with Gasteiger partial charge in [-0.05, 0) is 31.5 Å². The summed E-state index contributed by atoms with van der Waals surface area (Å²) in [5.41, 5.74) is 1.88. The average molecular weight is 301 g/mol. The van der Waals surface area contributed by atoms with Gasteiger partial charge >= 0.3 is 0 Å². The van der Waals surface area contributed by atoms with Crippen molar-refractivity contribution in [1.29, 1.82) is 0 Å². The van der Waals surface area contributed by atoms with E-state index in [1.54, 1.807) is 30.3 Å². The standard InChI is InChI=1S/C17H19NO2S/c1-3-14(2)17(15-10-6-4-7-11-15)18-21(19,20)16-12-8-5-9-13-16/h3-13,17-18H,1-2H3/b14-3+. The quantitative estimate of drug-likeness (QED) is 0.856. The van der Waals surface area contributed by atoms with E-state index >= 15 is 0 Å². The Morgan fingerprint density at radius 2 is 1.52 bits per heavy atom. The molecule has 0 radical (unpaired) electrons. The molecular weight excluding hydrogens is 282 g/mol. The van der Waals surface area contributed by atoms with E-state index in [0.29, 0.717) is 0 Å². The molecule has 0 saturated carbocycles. The third kappa shape index (κ3) is 3.80. The van der Waals surface area contributed by atoms with E-state index in [4.69, 9.17) is 0 Å². The Morgan fingerprint density at radius 1 is 1.00 bits per heavy atom. The van der Waals surface area contributed by atoms with Crippen molar-refractivity contribution in [2.24, 2.45) is 0 Å². The van der Waals surface area contributed by atoms with E-state index in [1.807, 2.05) is 50.3 Å². The van der Waals surface area contributed by atoms with Crippen LogP contribution in [0.15, 0.2) is 77.2 Å². The van der Waals surface area contributed by atoms with Gasteiger partial charge in [0.05, 0.1) is 10.9 Å². The van der Waals surface area contributed by atoms with Crippen LogP contribution in [0.4, 0.5) is 0 Å². The lowest BCUT2D eigenvalue weighted by Crippen LogP contribution is -2.29. The molecule has 3 nitrogen and oxygen atoms in total. The molecule has 2 aromatic carbocycles. The Balaban J connectivity index is 2.37. The molecule has 4 heteroatoms. The molecule has 110 valence electrons. The summed E-state index contributed by atoms with van der Waals surface area (Å²) in [5.74, 6) is 0. The van der Waals surface area contributed by atoms with Crippen molar-refractivity contribution in [3.05, 3.63) is 77.9 Å². The molecule has 0 aliphatic heterocycles. The van der Waals surface area contributed by atoms with Crippen molar-refractivity contribution in [1.82, 2.24) is 4.72 Å². The summed E-state index contributed by atoms with van der Waals surface area (Å²) in [5, 5.41) is 0. The zero-order chi connectivity index (χ0) is 15.3. The molecule has 2 rings (SSSR count). The Bertz CT molecular complexity index is 707. The highest BCUT2D eigenvalue weighted by Crippen LogP contribution is 2.23. The second kappa shape index (κ2) is 6.70. The molecule has 0 aromatic heterocycles. The molecule has 0 fully saturated rings. The molecule has 0 heterocycles. The van der Waals surface area contributed by atoms with E-state index in [2.05, 4.69) is 4.72 Å². The fourth-order valence-corrected chi connectivity index (χ4v) is 3.34. The Morgan fingerprint density at radius 3 is 2.05 bits per heavy atom. The number of sulfonamides is 1. The summed E-state index contributed by atoms with van der Waals surface area (Å²) >= 11 is 0. The first-order valence-corrected chi connectivity index (χ1v) is 8.28. The van der Waals surface area contributed by atoms with Gasteiger partial charge < -0.3 is 0 Å².